The van der Waals surface area contributed by atoms with Crippen molar-refractivity contribution in [3.8, 4) is 11.5 Å². The van der Waals surface area contributed by atoms with Gasteiger partial charge in [-0.25, -0.2) is 0 Å². The molecule has 0 fully saturated rings. The number of hydrogen-bond acceptors (Lipinski definition) is 4. The van der Waals surface area contributed by atoms with E-state index >= 15 is 0 Å². The minimum atomic E-state index is -0.609. The van der Waals surface area contributed by atoms with E-state index in [4.69, 9.17) is 16.3 Å². The van der Waals surface area contributed by atoms with Gasteiger partial charge in [-0.2, -0.15) is 0 Å². The van der Waals surface area contributed by atoms with Gasteiger partial charge in [0.05, 0.1) is 12.2 Å². The van der Waals surface area contributed by atoms with Crippen LogP contribution >= 0.6 is 11.6 Å². The van der Waals surface area contributed by atoms with Gasteiger partial charge in [0.1, 0.15) is 5.75 Å². The number of halogens is 1. The van der Waals surface area contributed by atoms with Gasteiger partial charge < -0.3 is 19.7 Å². The predicted octanol–water partition coefficient (Wildman–Crippen LogP) is 1.94. The molecule has 23 heavy (non-hydrogen) atoms. The van der Waals surface area contributed by atoms with E-state index in [1.807, 2.05) is 0 Å². The Labute approximate surface area is 138 Å². The molecule has 0 bridgehead atoms. The molecule has 0 spiro atoms. The highest BCUT2D eigenvalue weighted by atomic mass is 35.5. The van der Waals surface area contributed by atoms with E-state index in [9.17, 15) is 14.7 Å². The average molecular weight is 337 g/mol. The van der Waals surface area contributed by atoms with Crippen molar-refractivity contribution < 1.29 is 14.6 Å². The summed E-state index contributed by atoms with van der Waals surface area (Å²) in [6, 6.07) is 8.44. The number of rotatable bonds is 6. The highest BCUT2D eigenvalue weighted by Crippen LogP contribution is 2.17. The smallest absolute Gasteiger partial charge is 0.293 e. The Hall–Kier alpha value is -2.47. The zero-order valence-electron chi connectivity index (χ0n) is 12.6. The molecule has 2 rings (SSSR count). The van der Waals surface area contributed by atoms with Crippen LogP contribution in [0.4, 0.5) is 0 Å². The third kappa shape index (κ3) is 4.50. The summed E-state index contributed by atoms with van der Waals surface area (Å²) in [5.41, 5.74) is -0.647. The molecule has 0 atom stereocenters. The maximum Gasteiger partial charge on any atom is 0.293 e. The van der Waals surface area contributed by atoms with Crippen LogP contribution < -0.4 is 15.6 Å². The van der Waals surface area contributed by atoms with Gasteiger partial charge in [0, 0.05) is 24.8 Å². The fraction of sp³-hybridized carbons (Fsp3) is 0.250. The molecule has 0 aliphatic heterocycles. The first-order valence-electron chi connectivity index (χ1n) is 7.04. The molecule has 122 valence electrons. The van der Waals surface area contributed by atoms with Gasteiger partial charge in [0.15, 0.2) is 5.75 Å². The van der Waals surface area contributed by atoms with Gasteiger partial charge in [-0.1, -0.05) is 17.7 Å². The summed E-state index contributed by atoms with van der Waals surface area (Å²) in [4.78, 5) is 23.5. The van der Waals surface area contributed by atoms with E-state index < -0.39 is 17.2 Å². The lowest BCUT2D eigenvalue weighted by molar-refractivity contribution is 0.0948. The van der Waals surface area contributed by atoms with E-state index in [-0.39, 0.29) is 5.56 Å². The molecule has 1 amide bonds. The monoisotopic (exact) mass is 336 g/mol. The van der Waals surface area contributed by atoms with Gasteiger partial charge in [-0.3, -0.25) is 9.59 Å². The zero-order valence-corrected chi connectivity index (χ0v) is 13.3. The fourth-order valence-corrected chi connectivity index (χ4v) is 2.09. The van der Waals surface area contributed by atoms with Gasteiger partial charge in [-0.15, -0.1) is 0 Å². The van der Waals surface area contributed by atoms with Crippen LogP contribution in [-0.4, -0.2) is 28.7 Å². The molecule has 1 aromatic carbocycles. The van der Waals surface area contributed by atoms with Crippen LogP contribution in [0.5, 0.6) is 11.5 Å². The summed E-state index contributed by atoms with van der Waals surface area (Å²) < 4.78 is 6.69. The number of aryl methyl sites for hydroxylation is 1. The van der Waals surface area contributed by atoms with E-state index in [2.05, 4.69) is 5.32 Å². The van der Waals surface area contributed by atoms with E-state index in [1.54, 1.807) is 24.3 Å². The van der Waals surface area contributed by atoms with E-state index in [1.165, 1.54) is 23.9 Å². The minimum absolute atomic E-state index is 0.0381. The van der Waals surface area contributed by atoms with Crippen molar-refractivity contribution in [1.82, 2.24) is 9.88 Å². The highest BCUT2D eigenvalue weighted by Gasteiger charge is 2.14. The maximum absolute atomic E-state index is 11.9. The molecule has 0 saturated heterocycles. The van der Waals surface area contributed by atoms with Crippen molar-refractivity contribution in [1.29, 1.82) is 0 Å². The second-order valence-corrected chi connectivity index (χ2v) is 5.35. The number of aromatic hydroxyl groups is 1. The number of nitrogens with one attached hydrogen (secondary N) is 1. The summed E-state index contributed by atoms with van der Waals surface area (Å²) in [6.07, 6.45) is 2.00. The lowest BCUT2D eigenvalue weighted by Gasteiger charge is -2.09. The Bertz CT molecular complexity index is 758. The summed E-state index contributed by atoms with van der Waals surface area (Å²) in [5.74, 6) is -0.390. The molecule has 0 saturated carbocycles. The number of carbonyl (C=O) groups is 1. The van der Waals surface area contributed by atoms with Crippen LogP contribution in [0.3, 0.4) is 0 Å². The first-order valence-corrected chi connectivity index (χ1v) is 7.42. The Balaban J connectivity index is 1.79. The molecular formula is C16H17ClN2O4. The number of pyridine rings is 1. The Morgan fingerprint density at radius 1 is 1.39 bits per heavy atom. The number of aromatic nitrogens is 1. The Kier molecular flexibility index (Phi) is 5.65. The lowest BCUT2D eigenvalue weighted by Crippen LogP contribution is -2.28. The van der Waals surface area contributed by atoms with E-state index in [0.29, 0.717) is 30.3 Å². The summed E-state index contributed by atoms with van der Waals surface area (Å²) in [5, 5.41) is 12.9. The van der Waals surface area contributed by atoms with Crippen LogP contribution in [0.15, 0.2) is 41.3 Å². The normalized spacial score (nSPS) is 10.3. The van der Waals surface area contributed by atoms with Crippen LogP contribution in [0.1, 0.15) is 16.8 Å². The van der Waals surface area contributed by atoms with Crippen molar-refractivity contribution in [2.75, 3.05) is 13.2 Å². The Morgan fingerprint density at radius 2 is 2.17 bits per heavy atom. The van der Waals surface area contributed by atoms with Gasteiger partial charge in [-0.05, 0) is 30.7 Å². The van der Waals surface area contributed by atoms with Crippen molar-refractivity contribution in [3.63, 3.8) is 0 Å². The number of carbonyl (C=O) groups excluding carboxylic acids is 1. The van der Waals surface area contributed by atoms with Crippen LogP contribution in [0, 0.1) is 0 Å². The maximum atomic E-state index is 11.9. The molecule has 0 aliphatic rings. The van der Waals surface area contributed by atoms with Crippen LogP contribution in [-0.2, 0) is 7.05 Å². The molecule has 2 aromatic rings. The molecule has 0 unspecified atom stereocenters. The fourth-order valence-electron chi connectivity index (χ4n) is 1.91. The van der Waals surface area contributed by atoms with E-state index in [0.717, 1.165) is 0 Å². The second-order valence-electron chi connectivity index (χ2n) is 4.91. The quantitative estimate of drug-likeness (QED) is 0.790. The molecule has 0 radical (unpaired) electrons. The van der Waals surface area contributed by atoms with Crippen LogP contribution in [0.2, 0.25) is 5.02 Å². The van der Waals surface area contributed by atoms with Crippen molar-refractivity contribution in [3.05, 3.63) is 57.5 Å². The SMILES string of the molecule is Cn1ccc(C(=O)NCCCOc2cccc(Cl)c2)c(O)c1=O. The molecular weight excluding hydrogens is 320 g/mol. The minimum Gasteiger partial charge on any atom is -0.502 e. The van der Waals surface area contributed by atoms with Gasteiger partial charge in [0.2, 0.25) is 0 Å². The number of benzene rings is 1. The third-order valence-corrected chi connectivity index (χ3v) is 3.39. The molecule has 2 N–H and O–H groups in total. The average Bonchev–Trinajstić information content (AvgIpc) is 2.52. The van der Waals surface area contributed by atoms with Gasteiger partial charge >= 0.3 is 0 Å². The highest BCUT2D eigenvalue weighted by molar-refractivity contribution is 6.30. The summed E-state index contributed by atoms with van der Waals surface area (Å²) in [7, 11) is 1.50. The molecule has 0 aliphatic carbocycles. The predicted molar refractivity (Wildman–Crippen MR) is 87.2 cm³/mol. The largest absolute Gasteiger partial charge is 0.502 e. The number of nitrogens with zero attached hydrogens (tertiary/aromatic N) is 1. The molecule has 1 heterocycles. The third-order valence-electron chi connectivity index (χ3n) is 3.16. The molecule has 1 aromatic heterocycles. The summed E-state index contributed by atoms with van der Waals surface area (Å²) in [6.45, 7) is 0.761. The van der Waals surface area contributed by atoms with Gasteiger partial charge in [0.25, 0.3) is 11.5 Å². The topological polar surface area (TPSA) is 80.6 Å². The van der Waals surface area contributed by atoms with Crippen molar-refractivity contribution >= 4 is 17.5 Å². The first kappa shape index (κ1) is 16.9. The zero-order chi connectivity index (χ0) is 16.8. The van der Waals surface area contributed by atoms with Crippen molar-refractivity contribution in [2.45, 2.75) is 6.42 Å². The summed E-state index contributed by atoms with van der Waals surface area (Å²) >= 11 is 5.85. The Morgan fingerprint density at radius 3 is 2.91 bits per heavy atom. The standard InChI is InChI=1S/C16H17ClN2O4/c1-19-8-6-13(14(20)16(19)22)15(21)18-7-3-9-23-12-5-2-4-11(17)10-12/h2,4-6,8,10,20H,3,7,9H2,1H3,(H,18,21). The molecule has 6 nitrogen and oxygen atoms in total. The number of hydrogen-bond donors (Lipinski definition) is 2. The number of amides is 1. The molecule has 7 heteroatoms. The van der Waals surface area contributed by atoms with Crippen LogP contribution in [0.25, 0.3) is 0 Å². The first-order chi connectivity index (χ1) is 11.0. The number of ether oxygens (including phenoxy) is 1. The van der Waals surface area contributed by atoms with Crippen molar-refractivity contribution in [2.24, 2.45) is 7.05 Å². The second kappa shape index (κ2) is 7.69. The lowest BCUT2D eigenvalue weighted by atomic mass is 10.2.